The number of morpholine rings is 1. The monoisotopic (exact) mass is 518 g/mol. The average molecular weight is 518 g/mol. The van der Waals surface area contributed by atoms with E-state index >= 15 is 0 Å². The summed E-state index contributed by atoms with van der Waals surface area (Å²) in [7, 11) is 0. The molecule has 1 aromatic rings. The number of rotatable bonds is 10. The van der Waals surface area contributed by atoms with Crippen molar-refractivity contribution >= 4 is 29.9 Å². The number of nitrogens with zero attached hydrogens (tertiary/aromatic N) is 2. The van der Waals surface area contributed by atoms with Gasteiger partial charge in [0.05, 0.1) is 18.8 Å². The van der Waals surface area contributed by atoms with Gasteiger partial charge in [-0.05, 0) is 45.2 Å². The highest BCUT2D eigenvalue weighted by Crippen LogP contribution is 2.15. The number of ether oxygens (including phenoxy) is 2. The first-order valence-corrected chi connectivity index (χ1v) is 10.7. The smallest absolute Gasteiger partial charge is 0.191 e. The third-order valence-corrected chi connectivity index (χ3v) is 4.65. The molecule has 7 heteroatoms. The second-order valence-corrected chi connectivity index (χ2v) is 7.44. The van der Waals surface area contributed by atoms with E-state index in [0.29, 0.717) is 18.8 Å². The van der Waals surface area contributed by atoms with Gasteiger partial charge < -0.3 is 20.1 Å². The van der Waals surface area contributed by atoms with Crippen LogP contribution in [0.1, 0.15) is 45.2 Å². The molecule has 0 saturated carbocycles. The van der Waals surface area contributed by atoms with E-state index in [0.717, 1.165) is 58.3 Å². The molecule has 166 valence electrons. The van der Waals surface area contributed by atoms with Crippen LogP contribution in [0.2, 0.25) is 0 Å². The maximum absolute atomic E-state index is 5.82. The minimum absolute atomic E-state index is 0. The normalized spacial score (nSPS) is 20.2. The van der Waals surface area contributed by atoms with Gasteiger partial charge in [0.25, 0.3) is 0 Å². The van der Waals surface area contributed by atoms with Crippen LogP contribution in [0.15, 0.2) is 29.3 Å². The Balaban J connectivity index is 0.00000420. The Kier molecular flexibility index (Phi) is 13.5. The largest absolute Gasteiger partial charge is 0.382 e. The molecule has 2 rings (SSSR count). The van der Waals surface area contributed by atoms with Gasteiger partial charge in [0.2, 0.25) is 0 Å². The molecule has 1 saturated heterocycles. The van der Waals surface area contributed by atoms with E-state index in [4.69, 9.17) is 14.5 Å². The number of hydrogen-bond acceptors (Lipinski definition) is 4. The second-order valence-electron chi connectivity index (χ2n) is 7.44. The highest BCUT2D eigenvalue weighted by molar-refractivity contribution is 14.0. The van der Waals surface area contributed by atoms with Crippen molar-refractivity contribution in [1.82, 2.24) is 15.5 Å². The molecule has 0 amide bonds. The topological polar surface area (TPSA) is 58.1 Å². The van der Waals surface area contributed by atoms with Crippen molar-refractivity contribution in [3.63, 3.8) is 0 Å². The van der Waals surface area contributed by atoms with Crippen LogP contribution >= 0.6 is 24.0 Å². The van der Waals surface area contributed by atoms with Crippen molar-refractivity contribution in [2.24, 2.45) is 4.99 Å². The second kappa shape index (κ2) is 15.0. The fourth-order valence-electron chi connectivity index (χ4n) is 3.46. The summed E-state index contributed by atoms with van der Waals surface area (Å²) in [6, 6.07) is 8.81. The summed E-state index contributed by atoms with van der Waals surface area (Å²) in [5.74, 6) is 0.861. The molecule has 2 N–H and O–H groups in total. The predicted molar refractivity (Wildman–Crippen MR) is 131 cm³/mol. The molecular formula is C22H39IN4O2. The van der Waals surface area contributed by atoms with Crippen LogP contribution in [-0.2, 0) is 22.6 Å². The van der Waals surface area contributed by atoms with Crippen LogP contribution in [0, 0.1) is 0 Å². The van der Waals surface area contributed by atoms with Crippen molar-refractivity contribution in [2.75, 3.05) is 39.4 Å². The van der Waals surface area contributed by atoms with E-state index in [9.17, 15) is 0 Å². The molecule has 0 radical (unpaired) electrons. The van der Waals surface area contributed by atoms with Crippen molar-refractivity contribution in [1.29, 1.82) is 0 Å². The lowest BCUT2D eigenvalue weighted by Gasteiger charge is -2.35. The molecule has 6 nitrogen and oxygen atoms in total. The lowest BCUT2D eigenvalue weighted by Crippen LogP contribution is -2.44. The lowest BCUT2D eigenvalue weighted by atomic mass is 10.1. The van der Waals surface area contributed by atoms with E-state index in [2.05, 4.69) is 60.6 Å². The van der Waals surface area contributed by atoms with E-state index in [1.165, 1.54) is 11.1 Å². The summed E-state index contributed by atoms with van der Waals surface area (Å²) in [6.07, 6.45) is 1.59. The highest BCUT2D eigenvalue weighted by Gasteiger charge is 2.21. The first-order chi connectivity index (χ1) is 13.6. The number of aliphatic imine (C=N–C) groups is 1. The first-order valence-electron chi connectivity index (χ1n) is 10.7. The molecule has 2 unspecified atom stereocenters. The maximum Gasteiger partial charge on any atom is 0.191 e. The molecule has 0 aromatic heterocycles. The third-order valence-electron chi connectivity index (χ3n) is 4.65. The zero-order valence-electron chi connectivity index (χ0n) is 18.4. The standard InChI is InChI=1S/C22H38N4O2.HI/c1-5-23-22(24-12-7-13-27-6-2)25-14-20-8-10-21(11-9-20)17-26-15-18(3)28-19(4)16-26;/h8-11,18-19H,5-7,12-17H2,1-4H3,(H2,23,24,25);1H. The molecule has 1 aromatic carbocycles. The highest BCUT2D eigenvalue weighted by atomic mass is 127. The molecule has 1 heterocycles. The number of nitrogens with one attached hydrogen (secondary N) is 2. The van der Waals surface area contributed by atoms with Gasteiger partial charge in [0.1, 0.15) is 0 Å². The summed E-state index contributed by atoms with van der Waals surface area (Å²) in [5.41, 5.74) is 2.56. The minimum Gasteiger partial charge on any atom is -0.382 e. The zero-order valence-corrected chi connectivity index (χ0v) is 20.8. The fraction of sp³-hybridized carbons (Fsp3) is 0.682. The quantitative estimate of drug-likeness (QED) is 0.215. The predicted octanol–water partition coefficient (Wildman–Crippen LogP) is 3.40. The summed E-state index contributed by atoms with van der Waals surface area (Å²) >= 11 is 0. The van der Waals surface area contributed by atoms with Gasteiger partial charge >= 0.3 is 0 Å². The van der Waals surface area contributed by atoms with Crippen LogP contribution in [0.5, 0.6) is 0 Å². The van der Waals surface area contributed by atoms with Crippen molar-refractivity contribution in [3.8, 4) is 0 Å². The molecule has 0 bridgehead atoms. The average Bonchev–Trinajstić information content (AvgIpc) is 2.66. The van der Waals surface area contributed by atoms with Gasteiger partial charge in [-0.3, -0.25) is 4.90 Å². The lowest BCUT2D eigenvalue weighted by molar-refractivity contribution is -0.0704. The Hall–Kier alpha value is -0.900. The SMILES string of the molecule is CCNC(=NCc1ccc(CN2CC(C)OC(C)C2)cc1)NCCCOCC.I. The van der Waals surface area contributed by atoms with Gasteiger partial charge in [-0.25, -0.2) is 4.99 Å². The van der Waals surface area contributed by atoms with Crippen LogP contribution in [0.4, 0.5) is 0 Å². The minimum atomic E-state index is 0. The Morgan fingerprint density at radius 3 is 2.38 bits per heavy atom. The number of guanidine groups is 1. The van der Waals surface area contributed by atoms with Gasteiger partial charge in [0.15, 0.2) is 5.96 Å². The Morgan fingerprint density at radius 2 is 1.76 bits per heavy atom. The van der Waals surface area contributed by atoms with Crippen molar-refractivity contribution < 1.29 is 9.47 Å². The summed E-state index contributed by atoms with van der Waals surface area (Å²) < 4.78 is 11.2. The Labute approximate surface area is 193 Å². The Bertz CT molecular complexity index is 573. The van der Waals surface area contributed by atoms with Gasteiger partial charge in [0, 0.05) is 45.9 Å². The first kappa shape index (κ1) is 26.1. The van der Waals surface area contributed by atoms with Crippen molar-refractivity contribution in [3.05, 3.63) is 35.4 Å². The Morgan fingerprint density at radius 1 is 1.10 bits per heavy atom. The van der Waals surface area contributed by atoms with Crippen LogP contribution in [-0.4, -0.2) is 62.5 Å². The molecule has 1 aliphatic rings. The summed E-state index contributed by atoms with van der Waals surface area (Å²) in [5, 5.41) is 6.66. The van der Waals surface area contributed by atoms with Gasteiger partial charge in [-0.1, -0.05) is 24.3 Å². The van der Waals surface area contributed by atoms with Crippen molar-refractivity contribution in [2.45, 2.75) is 59.4 Å². The molecule has 29 heavy (non-hydrogen) atoms. The molecule has 0 aliphatic carbocycles. The molecule has 1 aliphatic heterocycles. The van der Waals surface area contributed by atoms with E-state index in [1.54, 1.807) is 0 Å². The van der Waals surface area contributed by atoms with Crippen LogP contribution in [0.25, 0.3) is 0 Å². The molecule has 0 spiro atoms. The summed E-state index contributed by atoms with van der Waals surface area (Å²) in [4.78, 5) is 7.17. The molecule has 2 atom stereocenters. The van der Waals surface area contributed by atoms with Gasteiger partial charge in [-0.15, -0.1) is 24.0 Å². The number of hydrogen-bond donors (Lipinski definition) is 2. The fourth-order valence-corrected chi connectivity index (χ4v) is 3.46. The molecule has 1 fully saturated rings. The zero-order chi connectivity index (χ0) is 20.2. The van der Waals surface area contributed by atoms with Crippen LogP contribution in [0.3, 0.4) is 0 Å². The van der Waals surface area contributed by atoms with E-state index < -0.39 is 0 Å². The van der Waals surface area contributed by atoms with Crippen LogP contribution < -0.4 is 10.6 Å². The van der Waals surface area contributed by atoms with Gasteiger partial charge in [-0.2, -0.15) is 0 Å². The van der Waals surface area contributed by atoms with E-state index in [1.807, 2.05) is 6.92 Å². The molecular weight excluding hydrogens is 479 g/mol. The number of benzene rings is 1. The third kappa shape index (κ3) is 10.6. The number of halogens is 1. The van der Waals surface area contributed by atoms with E-state index in [-0.39, 0.29) is 24.0 Å². The maximum atomic E-state index is 5.82. The summed E-state index contributed by atoms with van der Waals surface area (Å²) in [6.45, 7) is 15.3.